The highest BCUT2D eigenvalue weighted by molar-refractivity contribution is 7.83. The maximum absolute atomic E-state index is 14.0. The topological polar surface area (TPSA) is 53.9 Å². The molecule has 0 radical (unpaired) electrons. The zero-order valence-electron chi connectivity index (χ0n) is 29.7. The number of nitrogens with one attached hydrogen (secondary N) is 1. The lowest BCUT2D eigenvalue weighted by Crippen LogP contribution is -2.31. The number of rotatable bonds is 15. The van der Waals surface area contributed by atoms with Gasteiger partial charge in [-0.2, -0.15) is 0 Å². The minimum absolute atomic E-state index is 0.121. The molecule has 0 saturated heterocycles. The number of amidine groups is 1. The largest absolute Gasteiger partial charge is 0.497 e. The second-order valence-corrected chi connectivity index (χ2v) is 14.9. The van der Waals surface area contributed by atoms with Crippen LogP contribution in [0.3, 0.4) is 0 Å². The average molecular weight is 644 g/mol. The van der Waals surface area contributed by atoms with Crippen molar-refractivity contribution in [1.82, 2.24) is 9.62 Å². The van der Waals surface area contributed by atoms with Crippen LogP contribution in [0.25, 0.3) is 11.1 Å². The van der Waals surface area contributed by atoms with Crippen molar-refractivity contribution in [1.29, 1.82) is 0 Å². The number of nitrogens with zero attached hydrogens (tertiary/aromatic N) is 2. The molecule has 2 aromatic carbocycles. The van der Waals surface area contributed by atoms with Crippen LogP contribution in [0, 0.1) is 5.41 Å². The third kappa shape index (κ3) is 8.82. The summed E-state index contributed by atoms with van der Waals surface area (Å²) in [5.74, 6) is 1.35. The van der Waals surface area contributed by atoms with E-state index in [0.29, 0.717) is 16.5 Å². The van der Waals surface area contributed by atoms with E-state index in [1.165, 1.54) is 56.2 Å². The number of hydrogen-bond donors (Lipinski definition) is 1. The second kappa shape index (κ2) is 16.1. The third-order valence-electron chi connectivity index (χ3n) is 9.81. The van der Waals surface area contributed by atoms with E-state index in [9.17, 15) is 4.21 Å². The van der Waals surface area contributed by atoms with Crippen LogP contribution in [0.15, 0.2) is 87.0 Å². The predicted octanol–water partition coefficient (Wildman–Crippen LogP) is 10.7. The van der Waals surface area contributed by atoms with Gasteiger partial charge in [0.1, 0.15) is 11.6 Å². The van der Waals surface area contributed by atoms with Crippen molar-refractivity contribution < 1.29 is 8.95 Å². The summed E-state index contributed by atoms with van der Waals surface area (Å²) in [7, 11) is 0.0945. The molecule has 6 heteroatoms. The fourth-order valence-corrected chi connectivity index (χ4v) is 7.48. The number of aliphatic imine (C=N–C) groups is 1. The molecular weight excluding hydrogens is 587 g/mol. The number of benzene rings is 2. The Morgan fingerprint density at radius 1 is 1.09 bits per heavy atom. The molecule has 2 aliphatic rings. The molecule has 0 bridgehead atoms. The monoisotopic (exact) mass is 643 g/mol. The first-order chi connectivity index (χ1) is 22.0. The summed E-state index contributed by atoms with van der Waals surface area (Å²) in [5.41, 5.74) is 10.0. The quantitative estimate of drug-likeness (QED) is 0.155. The van der Waals surface area contributed by atoms with Crippen LogP contribution in [0.2, 0.25) is 0 Å². The first kappa shape index (κ1) is 35.7. The highest BCUT2D eigenvalue weighted by atomic mass is 32.2. The van der Waals surface area contributed by atoms with Crippen molar-refractivity contribution >= 4 is 16.8 Å². The molecule has 2 unspecified atom stereocenters. The van der Waals surface area contributed by atoms with Crippen molar-refractivity contribution in [3.8, 4) is 16.9 Å². The fourth-order valence-electron chi connectivity index (χ4n) is 6.38. The Labute approximate surface area is 281 Å². The fraction of sp³-hybridized carbons (Fsp3) is 0.525. The van der Waals surface area contributed by atoms with Gasteiger partial charge in [-0.15, -0.1) is 0 Å². The first-order valence-corrected chi connectivity index (χ1v) is 18.5. The molecule has 250 valence electrons. The number of ether oxygens (including phenoxy) is 1. The Balaban J connectivity index is 1.66. The van der Waals surface area contributed by atoms with Gasteiger partial charge in [0.2, 0.25) is 0 Å². The van der Waals surface area contributed by atoms with Crippen LogP contribution in [-0.2, 0) is 17.5 Å². The van der Waals surface area contributed by atoms with E-state index in [4.69, 9.17) is 9.73 Å². The van der Waals surface area contributed by atoms with Gasteiger partial charge in [0.15, 0.2) is 11.0 Å². The maximum atomic E-state index is 14.0. The summed E-state index contributed by atoms with van der Waals surface area (Å²) >= 11 is 0. The van der Waals surface area contributed by atoms with Gasteiger partial charge < -0.3 is 9.64 Å². The van der Waals surface area contributed by atoms with Gasteiger partial charge in [-0.05, 0) is 119 Å². The minimum Gasteiger partial charge on any atom is -0.497 e. The van der Waals surface area contributed by atoms with E-state index in [1.807, 2.05) is 25.1 Å². The first-order valence-electron chi connectivity index (χ1n) is 17.4. The molecule has 0 heterocycles. The molecule has 0 aromatic heterocycles. The van der Waals surface area contributed by atoms with Crippen molar-refractivity contribution in [2.75, 3.05) is 7.11 Å². The molecule has 0 amide bonds. The van der Waals surface area contributed by atoms with Gasteiger partial charge in [-0.25, -0.2) is 4.21 Å². The molecule has 2 atom stereocenters. The molecule has 2 fully saturated rings. The van der Waals surface area contributed by atoms with E-state index < -0.39 is 11.0 Å². The summed E-state index contributed by atoms with van der Waals surface area (Å²) in [4.78, 5) is 8.13. The summed E-state index contributed by atoms with van der Waals surface area (Å²) in [6.45, 7) is 20.6. The van der Waals surface area contributed by atoms with E-state index >= 15 is 0 Å². The van der Waals surface area contributed by atoms with Gasteiger partial charge >= 0.3 is 0 Å². The standard InChI is InChI=1S/C40H57N3O2S/c1-10-12-15-30(6)43(38(34-20-21-34)40(8)24-13-14-25-40)27-32-16-18-33(19-17-32)36-23-22-35(45-9)26-37(36)46(44)42-39(31(7)28(3)4)41-29(5)11-2/h16-19,22-23,26,29H,6,10-15,20-21,24-25,27H2,1-5,7-9H3,(H,41,42). The summed E-state index contributed by atoms with van der Waals surface area (Å²) in [5, 5.41) is 0. The molecule has 4 rings (SSSR count). The van der Waals surface area contributed by atoms with Crippen molar-refractivity contribution in [3.05, 3.63) is 82.7 Å². The van der Waals surface area contributed by atoms with E-state index in [0.717, 1.165) is 48.1 Å². The van der Waals surface area contributed by atoms with Crippen molar-refractivity contribution in [3.63, 3.8) is 0 Å². The van der Waals surface area contributed by atoms with E-state index in [1.54, 1.807) is 18.4 Å². The highest BCUT2D eigenvalue weighted by Gasteiger charge is 2.40. The Bertz CT molecular complexity index is 1480. The van der Waals surface area contributed by atoms with Gasteiger partial charge in [0.25, 0.3) is 0 Å². The molecule has 0 spiro atoms. The maximum Gasteiger partial charge on any atom is 0.152 e. The molecule has 2 aliphatic carbocycles. The number of methoxy groups -OCH3 is 1. The third-order valence-corrected chi connectivity index (χ3v) is 10.9. The Kier molecular flexibility index (Phi) is 12.5. The predicted molar refractivity (Wildman–Crippen MR) is 196 cm³/mol. The second-order valence-electron chi connectivity index (χ2n) is 13.8. The molecule has 2 saturated carbocycles. The van der Waals surface area contributed by atoms with Crippen molar-refractivity contribution in [2.24, 2.45) is 10.4 Å². The Hall–Kier alpha value is -3.12. The minimum atomic E-state index is -1.55. The van der Waals surface area contributed by atoms with Crippen LogP contribution in [0.4, 0.5) is 0 Å². The van der Waals surface area contributed by atoms with Gasteiger partial charge in [-0.3, -0.25) is 9.71 Å². The smallest absolute Gasteiger partial charge is 0.152 e. The van der Waals surface area contributed by atoms with Crippen molar-refractivity contribution in [2.45, 2.75) is 130 Å². The number of hydrogen-bond acceptors (Lipinski definition) is 4. The SMILES string of the molecule is C=C(CCCC)N(Cc1ccc(-c2ccc(OC)cc2S(=O)NC(=NC(C)CC)C(C)=C(C)C)cc1)C(=C1CC1)C1(C)CCCC1. The lowest BCUT2D eigenvalue weighted by molar-refractivity contribution is 0.269. The van der Waals surface area contributed by atoms with E-state index in [-0.39, 0.29) is 11.5 Å². The number of allylic oxidation sites excluding steroid dienone is 4. The Morgan fingerprint density at radius 2 is 1.76 bits per heavy atom. The lowest BCUT2D eigenvalue weighted by atomic mass is 9.82. The summed E-state index contributed by atoms with van der Waals surface area (Å²) < 4.78 is 22.8. The lowest BCUT2D eigenvalue weighted by Gasteiger charge is -2.39. The van der Waals surface area contributed by atoms with Crippen LogP contribution >= 0.6 is 0 Å². The zero-order chi connectivity index (χ0) is 33.4. The van der Waals surface area contributed by atoms with Gasteiger partial charge in [0, 0.05) is 29.4 Å². The molecular formula is C40H57N3O2S. The molecule has 2 aromatic rings. The highest BCUT2D eigenvalue weighted by Crippen LogP contribution is 2.52. The number of unbranched alkanes of at least 4 members (excludes halogenated alkanes) is 1. The molecule has 1 N–H and O–H groups in total. The van der Waals surface area contributed by atoms with Crippen LogP contribution in [0.5, 0.6) is 5.75 Å². The summed E-state index contributed by atoms with van der Waals surface area (Å²) in [6, 6.07) is 14.7. The zero-order valence-corrected chi connectivity index (χ0v) is 30.5. The van der Waals surface area contributed by atoms with Crippen LogP contribution < -0.4 is 9.46 Å². The van der Waals surface area contributed by atoms with E-state index in [2.05, 4.69) is 82.0 Å². The average Bonchev–Trinajstić information content (AvgIpc) is 3.79. The molecule has 46 heavy (non-hydrogen) atoms. The van der Waals surface area contributed by atoms with Crippen LogP contribution in [0.1, 0.15) is 118 Å². The summed E-state index contributed by atoms with van der Waals surface area (Å²) in [6.07, 6.45) is 11.9. The normalized spacial score (nSPS) is 16.9. The van der Waals surface area contributed by atoms with Crippen LogP contribution in [-0.4, -0.2) is 28.1 Å². The van der Waals surface area contributed by atoms with Gasteiger partial charge in [-0.1, -0.05) is 76.5 Å². The molecule has 0 aliphatic heterocycles. The Morgan fingerprint density at radius 3 is 2.33 bits per heavy atom. The van der Waals surface area contributed by atoms with Gasteiger partial charge in [0.05, 0.1) is 12.0 Å². The molecule has 5 nitrogen and oxygen atoms in total.